The molecule has 4 aliphatic rings. The van der Waals surface area contributed by atoms with Crippen LogP contribution in [0.5, 0.6) is 0 Å². The number of epoxide rings is 2. The Balaban J connectivity index is 1.85. The molecule has 0 aliphatic carbocycles. The van der Waals surface area contributed by atoms with E-state index in [1.165, 1.54) is 0 Å². The minimum atomic E-state index is -3.50. The molecule has 4 heterocycles. The summed E-state index contributed by atoms with van der Waals surface area (Å²) in [4.78, 5) is 0. The topological polar surface area (TPSA) is 136 Å². The van der Waals surface area contributed by atoms with Crippen LogP contribution in [0.25, 0.3) is 0 Å². The predicted octanol–water partition coefficient (Wildman–Crippen LogP) is 11.0. The van der Waals surface area contributed by atoms with Gasteiger partial charge in [-0.25, -0.2) is 0 Å². The maximum atomic E-state index is 7.97. The molecule has 396 valence electrons. The van der Waals surface area contributed by atoms with Crippen molar-refractivity contribution >= 4 is 8.56 Å². The van der Waals surface area contributed by atoms with Crippen molar-refractivity contribution in [1.29, 1.82) is 0 Å². The van der Waals surface area contributed by atoms with Crippen LogP contribution in [0.2, 0.25) is 12.1 Å². The van der Waals surface area contributed by atoms with Crippen molar-refractivity contribution in [1.82, 2.24) is 0 Å². The molecule has 0 radical (unpaired) electrons. The predicted molar refractivity (Wildman–Crippen MR) is 262 cm³/mol. The van der Waals surface area contributed by atoms with Gasteiger partial charge in [0, 0.05) is 45.7 Å². The highest BCUT2D eigenvalue weighted by atomic mass is 28.4. The van der Waals surface area contributed by atoms with Gasteiger partial charge in [0.15, 0.2) is 12.6 Å². The zero-order chi connectivity index (χ0) is 49.2. The quantitative estimate of drug-likeness (QED) is 0.0249. The van der Waals surface area contributed by atoms with Crippen molar-refractivity contribution in [2.75, 3.05) is 39.6 Å². The molecule has 0 saturated carbocycles. The third-order valence-electron chi connectivity index (χ3n) is 13.2. The Hall–Kier alpha value is -0.343. The Morgan fingerprint density at radius 2 is 0.985 bits per heavy atom. The molecule has 13 atom stereocenters. The molecule has 4 fully saturated rings. The first-order chi connectivity index (χ1) is 31.9. The molecule has 0 aromatic rings. The van der Waals surface area contributed by atoms with Crippen LogP contribution in [-0.2, 0) is 65.7 Å². The van der Waals surface area contributed by atoms with Crippen LogP contribution >= 0.6 is 0 Å². The fraction of sp³-hybridized carbons (Fsp3) is 1.00. The lowest BCUT2D eigenvalue weighted by Gasteiger charge is -2.52. The molecule has 14 nitrogen and oxygen atoms in total. The summed E-state index contributed by atoms with van der Waals surface area (Å²) >= 11 is 0. The van der Waals surface area contributed by atoms with Crippen LogP contribution in [0, 0.1) is 11.8 Å². The molecule has 0 bridgehead atoms. The summed E-state index contributed by atoms with van der Waals surface area (Å²) in [6.07, 6.45) is 8.17. The van der Waals surface area contributed by atoms with Crippen LogP contribution in [0.15, 0.2) is 0 Å². The van der Waals surface area contributed by atoms with Gasteiger partial charge in [0.1, 0.15) is 12.2 Å². The largest absolute Gasteiger partial charge is 0.392 e. The molecule has 13 unspecified atom stereocenters. The molecule has 4 aliphatic heterocycles. The summed E-state index contributed by atoms with van der Waals surface area (Å²) in [5.41, 5.74) is 0. The smallest absolute Gasteiger partial charge is 0.340 e. The van der Waals surface area contributed by atoms with E-state index in [1.807, 2.05) is 48.5 Å². The lowest BCUT2D eigenvalue weighted by molar-refractivity contribution is -0.507. The van der Waals surface area contributed by atoms with Crippen LogP contribution in [0.3, 0.4) is 0 Å². The molecule has 15 heteroatoms. The first kappa shape index (κ1) is 59.2. The van der Waals surface area contributed by atoms with Crippen molar-refractivity contribution in [2.24, 2.45) is 11.8 Å². The van der Waals surface area contributed by atoms with Crippen LogP contribution < -0.4 is 0 Å². The van der Waals surface area contributed by atoms with Crippen molar-refractivity contribution < 1.29 is 65.7 Å². The first-order valence-electron chi connectivity index (χ1n) is 27.0. The number of hydrogen-bond acceptors (Lipinski definition) is 14. The van der Waals surface area contributed by atoms with Crippen molar-refractivity contribution in [3.63, 3.8) is 0 Å². The van der Waals surface area contributed by atoms with Crippen molar-refractivity contribution in [3.05, 3.63) is 0 Å². The van der Waals surface area contributed by atoms with E-state index in [2.05, 4.69) is 55.4 Å². The molecule has 67 heavy (non-hydrogen) atoms. The zero-order valence-corrected chi connectivity index (χ0v) is 46.0. The van der Waals surface area contributed by atoms with Gasteiger partial charge in [0.05, 0.1) is 48.8 Å². The summed E-state index contributed by atoms with van der Waals surface area (Å²) in [5.74, 6) is -2.95. The van der Waals surface area contributed by atoms with Gasteiger partial charge < -0.3 is 65.7 Å². The molecular weight excluding hydrogens is 877 g/mol. The fourth-order valence-electron chi connectivity index (χ4n) is 9.32. The molecule has 0 spiro atoms. The van der Waals surface area contributed by atoms with E-state index < -0.39 is 45.1 Å². The molecule has 4 rings (SSSR count). The molecular formula is C52H100O14Si. The zero-order valence-electron chi connectivity index (χ0n) is 45.0. The maximum Gasteiger partial charge on any atom is 0.340 e. The summed E-state index contributed by atoms with van der Waals surface area (Å²) < 4.78 is 93.9. The van der Waals surface area contributed by atoms with E-state index in [-0.39, 0.29) is 54.9 Å². The first-order valence-corrected chi connectivity index (χ1v) is 29.3. The molecule has 0 aromatic carbocycles. The van der Waals surface area contributed by atoms with E-state index >= 15 is 0 Å². The summed E-state index contributed by atoms with van der Waals surface area (Å²) in [6.45, 7) is 35.3. The minimum Gasteiger partial charge on any atom is -0.392 e. The molecule has 4 saturated heterocycles. The Morgan fingerprint density at radius 1 is 0.552 bits per heavy atom. The molecule has 0 aromatic heterocycles. The standard InChI is InChI=1S/C52H100O14Si/c1-16-20-28-53-43(34-39(11)45-22-30-55-45)24-32-67(65-38(9)10,33-25-44(54-29-21-17-2)35-40(12)46-23-31-56-46)66-51(15,63-41(13)47-49(59-47)57-26-18-3)52(61-36(5)6,62-37(7)8)64-42(14)48-50(60-48)58-27-19-4/h36-50H,16-35H2,1-15H3. The highest BCUT2D eigenvalue weighted by Crippen LogP contribution is 2.46. The van der Waals surface area contributed by atoms with E-state index in [4.69, 9.17) is 65.7 Å². The summed E-state index contributed by atoms with van der Waals surface area (Å²) in [6, 6.07) is 1.23. The van der Waals surface area contributed by atoms with E-state index in [0.29, 0.717) is 50.4 Å². The maximum absolute atomic E-state index is 7.97. The fourth-order valence-corrected chi connectivity index (χ4v) is 13.3. The van der Waals surface area contributed by atoms with Gasteiger partial charge in [-0.2, -0.15) is 0 Å². The van der Waals surface area contributed by atoms with Gasteiger partial charge in [-0.15, -0.1) is 0 Å². The Morgan fingerprint density at radius 3 is 1.34 bits per heavy atom. The summed E-state index contributed by atoms with van der Waals surface area (Å²) in [7, 11) is -3.50. The average Bonchev–Trinajstić information content (AvgIpc) is 4.14. The Kier molecular flexibility index (Phi) is 26.0. The van der Waals surface area contributed by atoms with E-state index in [0.717, 1.165) is 90.3 Å². The highest BCUT2D eigenvalue weighted by Gasteiger charge is 2.65. The second-order valence-corrected chi connectivity index (χ2v) is 24.2. The second kappa shape index (κ2) is 29.4. The average molecular weight is 977 g/mol. The Labute approximate surface area is 409 Å². The molecule has 0 N–H and O–H groups in total. The van der Waals surface area contributed by atoms with Crippen LogP contribution in [0.4, 0.5) is 0 Å². The van der Waals surface area contributed by atoms with Gasteiger partial charge in [0.2, 0.25) is 5.79 Å². The number of hydrogen-bond donors (Lipinski definition) is 0. The Bertz CT molecular complexity index is 1270. The number of unbranched alkanes of at least 4 members (excludes halogenated alkanes) is 2. The molecule has 0 amide bonds. The van der Waals surface area contributed by atoms with E-state index in [9.17, 15) is 0 Å². The third-order valence-corrected chi connectivity index (χ3v) is 17.0. The lowest BCUT2D eigenvalue weighted by Crippen LogP contribution is -2.68. The van der Waals surface area contributed by atoms with Gasteiger partial charge in [-0.1, -0.05) is 54.4 Å². The monoisotopic (exact) mass is 977 g/mol. The van der Waals surface area contributed by atoms with Gasteiger partial charge >= 0.3 is 14.5 Å². The second-order valence-electron chi connectivity index (χ2n) is 20.9. The lowest BCUT2D eigenvalue weighted by atomic mass is 9.92. The summed E-state index contributed by atoms with van der Waals surface area (Å²) in [5, 5.41) is 0. The van der Waals surface area contributed by atoms with Crippen molar-refractivity contribution in [2.45, 2.75) is 284 Å². The SMILES string of the molecule is CCCCOC(CC[Si](CCC(CC(C)C1CCO1)OCCCC)(OC(C)C)OC(C)(OC(C)C1OC1OCCC)C(OC(C)C)(OC(C)C)OC(C)C1OC1OCCC)CC(C)C1CCO1. The number of rotatable bonds is 41. The third kappa shape index (κ3) is 19.2. The van der Waals surface area contributed by atoms with Crippen LogP contribution in [-0.4, -0.2) is 140 Å². The van der Waals surface area contributed by atoms with Crippen LogP contribution in [0.1, 0.15) is 181 Å². The normalized spacial score (nSPS) is 27.5. The van der Waals surface area contributed by atoms with Gasteiger partial charge in [0.25, 0.3) is 0 Å². The highest BCUT2D eigenvalue weighted by molar-refractivity contribution is 6.67. The van der Waals surface area contributed by atoms with Gasteiger partial charge in [-0.3, -0.25) is 0 Å². The minimum absolute atomic E-state index is 0.0289. The number of ether oxygens (including phenoxy) is 12. The van der Waals surface area contributed by atoms with E-state index in [1.54, 1.807) is 0 Å². The van der Waals surface area contributed by atoms with Crippen molar-refractivity contribution in [3.8, 4) is 0 Å². The van der Waals surface area contributed by atoms with Gasteiger partial charge in [-0.05, 0) is 150 Å².